The Morgan fingerprint density at radius 2 is 1.11 bits per heavy atom. The highest BCUT2D eigenvalue weighted by atomic mass is 16.4. The number of rotatable bonds is 4. The van der Waals surface area contributed by atoms with E-state index < -0.39 is 23.2 Å². The van der Waals surface area contributed by atoms with E-state index in [2.05, 4.69) is 15.6 Å². The topological polar surface area (TPSA) is 153 Å². The van der Waals surface area contributed by atoms with Crippen LogP contribution in [0.25, 0.3) is 33.5 Å². The van der Waals surface area contributed by atoms with Crippen LogP contribution in [0.3, 0.4) is 0 Å². The van der Waals surface area contributed by atoms with Crippen LogP contribution in [0.5, 0.6) is 0 Å². The van der Waals surface area contributed by atoms with Crippen molar-refractivity contribution < 1.29 is 28.4 Å². The molecule has 0 radical (unpaired) electrons. The van der Waals surface area contributed by atoms with Gasteiger partial charge in [-0.15, -0.1) is 0 Å². The van der Waals surface area contributed by atoms with Gasteiger partial charge in [-0.3, -0.25) is 34.6 Å². The van der Waals surface area contributed by atoms with Crippen LogP contribution in [0.2, 0.25) is 0 Å². The van der Waals surface area contributed by atoms with Crippen molar-refractivity contribution in [3.05, 3.63) is 159 Å². The van der Waals surface area contributed by atoms with E-state index in [1.54, 1.807) is 109 Å². The number of imide groups is 2. The molecular formula is C37H21N3O7. The fraction of sp³-hybridized carbons (Fsp3) is 0. The lowest BCUT2D eigenvalue weighted by Gasteiger charge is -2.16. The largest absolute Gasteiger partial charge is 0.403 e. The predicted octanol–water partition coefficient (Wildman–Crippen LogP) is 5.21. The van der Waals surface area contributed by atoms with Crippen molar-refractivity contribution in [2.45, 2.75) is 0 Å². The summed E-state index contributed by atoms with van der Waals surface area (Å²) in [6, 6.07) is 32.4. The average molecular weight is 620 g/mol. The van der Waals surface area contributed by atoms with Crippen molar-refractivity contribution in [3.8, 4) is 22.6 Å². The van der Waals surface area contributed by atoms with Crippen LogP contribution in [0, 0.1) is 0 Å². The number of nitrogens with one attached hydrogen (secondary N) is 2. The molecule has 6 aromatic rings. The third-order valence-electron chi connectivity index (χ3n) is 7.77. The van der Waals surface area contributed by atoms with Gasteiger partial charge in [0, 0.05) is 11.1 Å². The van der Waals surface area contributed by atoms with E-state index in [1.807, 2.05) is 6.07 Å². The van der Waals surface area contributed by atoms with E-state index in [0.29, 0.717) is 33.3 Å². The first-order valence-electron chi connectivity index (χ1n) is 14.4. The molecule has 226 valence electrons. The Hall–Kier alpha value is -6.81. The van der Waals surface area contributed by atoms with Gasteiger partial charge in [-0.25, -0.2) is 9.78 Å². The Balaban J connectivity index is 0.000000269. The number of carbonyl (C=O) groups is 5. The molecule has 2 aliphatic heterocycles. The number of aromatic nitrogens is 1. The zero-order valence-electron chi connectivity index (χ0n) is 24.3. The lowest BCUT2D eigenvalue weighted by Crippen LogP contribution is -2.21. The van der Waals surface area contributed by atoms with E-state index >= 15 is 0 Å². The lowest BCUT2D eigenvalue weighted by molar-refractivity contribution is 0.0862. The van der Waals surface area contributed by atoms with Gasteiger partial charge in [0.05, 0.1) is 38.7 Å². The second-order valence-corrected chi connectivity index (χ2v) is 10.6. The molecule has 47 heavy (non-hydrogen) atoms. The molecule has 2 N–H and O–H groups in total. The molecule has 0 fully saturated rings. The highest BCUT2D eigenvalue weighted by Crippen LogP contribution is 2.40. The molecule has 0 saturated carbocycles. The van der Waals surface area contributed by atoms with Crippen LogP contribution >= 0.6 is 0 Å². The molecule has 3 heterocycles. The quantitative estimate of drug-likeness (QED) is 0.202. The van der Waals surface area contributed by atoms with Crippen LogP contribution in [0.1, 0.15) is 57.4 Å². The number of fused-ring (bicyclic) bond motifs is 3. The van der Waals surface area contributed by atoms with Crippen LogP contribution < -0.4 is 16.3 Å². The molecule has 0 bridgehead atoms. The van der Waals surface area contributed by atoms with E-state index in [4.69, 9.17) is 4.42 Å². The van der Waals surface area contributed by atoms with Crippen molar-refractivity contribution >= 4 is 40.3 Å². The zero-order valence-corrected chi connectivity index (χ0v) is 24.3. The summed E-state index contributed by atoms with van der Waals surface area (Å²) >= 11 is 0. The molecule has 0 saturated heterocycles. The van der Waals surface area contributed by atoms with Gasteiger partial charge in [0.15, 0.2) is 5.78 Å². The number of hydrogen-bond acceptors (Lipinski definition) is 8. The second kappa shape index (κ2) is 11.6. The molecule has 2 aliphatic rings. The zero-order chi connectivity index (χ0) is 32.7. The smallest absolute Gasteiger partial charge is 0.347 e. The van der Waals surface area contributed by atoms with Crippen LogP contribution in [0.4, 0.5) is 0 Å². The maximum absolute atomic E-state index is 13.9. The Bertz CT molecular complexity index is 2330. The third kappa shape index (κ3) is 5.09. The van der Waals surface area contributed by atoms with Crippen molar-refractivity contribution in [3.63, 3.8) is 0 Å². The summed E-state index contributed by atoms with van der Waals surface area (Å²) in [7, 11) is 0. The third-order valence-corrected chi connectivity index (χ3v) is 7.77. The van der Waals surface area contributed by atoms with Gasteiger partial charge in [-0.2, -0.15) is 0 Å². The highest BCUT2D eigenvalue weighted by molar-refractivity contribution is 6.29. The van der Waals surface area contributed by atoms with Crippen molar-refractivity contribution in [2.75, 3.05) is 0 Å². The molecule has 5 aromatic carbocycles. The Labute approximate surface area is 265 Å². The van der Waals surface area contributed by atoms with Gasteiger partial charge in [-0.05, 0) is 41.5 Å². The first-order chi connectivity index (χ1) is 22.8. The average Bonchev–Trinajstić information content (AvgIpc) is 3.56. The molecule has 0 spiro atoms. The van der Waals surface area contributed by atoms with Crippen molar-refractivity contribution in [1.29, 1.82) is 0 Å². The Morgan fingerprint density at radius 3 is 1.79 bits per heavy atom. The van der Waals surface area contributed by atoms with E-state index in [9.17, 15) is 28.8 Å². The molecule has 8 rings (SSSR count). The minimum absolute atomic E-state index is 0.0492. The summed E-state index contributed by atoms with van der Waals surface area (Å²) in [4.78, 5) is 79.0. The molecule has 10 heteroatoms. The molecular weight excluding hydrogens is 598 g/mol. The number of para-hydroxylation sites is 1. The van der Waals surface area contributed by atoms with Gasteiger partial charge in [0.25, 0.3) is 23.6 Å². The van der Waals surface area contributed by atoms with Crippen LogP contribution in [-0.2, 0) is 0 Å². The molecule has 0 unspecified atom stereocenters. The highest BCUT2D eigenvalue weighted by Gasteiger charge is 2.37. The lowest BCUT2D eigenvalue weighted by atomic mass is 9.85. The summed E-state index contributed by atoms with van der Waals surface area (Å²) in [5.74, 6) is -2.52. The first kappa shape index (κ1) is 28.9. The normalized spacial score (nSPS) is 12.9. The monoisotopic (exact) mass is 619 g/mol. The maximum atomic E-state index is 13.9. The summed E-state index contributed by atoms with van der Waals surface area (Å²) < 4.78 is 5.65. The molecule has 0 atom stereocenters. The fourth-order valence-corrected chi connectivity index (χ4v) is 5.60. The maximum Gasteiger partial charge on any atom is 0.347 e. The number of carbonyl (C=O) groups excluding carboxylic acids is 5. The van der Waals surface area contributed by atoms with Gasteiger partial charge in [0.1, 0.15) is 0 Å². The standard InChI is InChI=1S/C29H16N2O5.C8H5NO2/c32-25(17-11-5-2-6-12-17)24-22-20(26(33)31-27(22)34)15-19(16-9-3-1-4-10-16)23(24)28-30-21-14-8-7-13-18(21)29(35)36-28;10-7-5-3-1-2-4-6(5)8(11)9-7/h1-15H,(H,31,33,34);1-4H,(H,9,10,11). The minimum atomic E-state index is -0.696. The summed E-state index contributed by atoms with van der Waals surface area (Å²) in [6.45, 7) is 0. The van der Waals surface area contributed by atoms with E-state index in [0.717, 1.165) is 0 Å². The van der Waals surface area contributed by atoms with Gasteiger partial charge < -0.3 is 4.42 Å². The van der Waals surface area contributed by atoms with Crippen molar-refractivity contribution in [2.24, 2.45) is 0 Å². The Kier molecular flexibility index (Phi) is 7.14. The van der Waals surface area contributed by atoms with Gasteiger partial charge in [-0.1, -0.05) is 84.9 Å². The number of ketones is 1. The van der Waals surface area contributed by atoms with E-state index in [-0.39, 0.29) is 45.3 Å². The van der Waals surface area contributed by atoms with Gasteiger partial charge in [0.2, 0.25) is 5.89 Å². The Morgan fingerprint density at radius 1 is 0.553 bits per heavy atom. The SMILES string of the molecule is O=C1NC(=O)c2c1cc(-c1ccccc1)c(-c1nc3ccccc3c(=O)o1)c2C(=O)c1ccccc1.O=C1NC(=O)c2ccccc21. The number of amides is 4. The summed E-state index contributed by atoms with van der Waals surface area (Å²) in [6.07, 6.45) is 0. The number of hydrogen-bond donors (Lipinski definition) is 2. The van der Waals surface area contributed by atoms with Crippen molar-refractivity contribution in [1.82, 2.24) is 15.6 Å². The first-order valence-corrected chi connectivity index (χ1v) is 14.4. The molecule has 4 amide bonds. The predicted molar refractivity (Wildman–Crippen MR) is 171 cm³/mol. The number of nitrogens with zero attached hydrogens (tertiary/aromatic N) is 1. The summed E-state index contributed by atoms with van der Waals surface area (Å²) in [5.41, 5.74) is 2.21. The van der Waals surface area contributed by atoms with Gasteiger partial charge >= 0.3 is 5.63 Å². The minimum Gasteiger partial charge on any atom is -0.403 e. The number of benzene rings is 5. The second-order valence-electron chi connectivity index (χ2n) is 10.6. The molecule has 10 nitrogen and oxygen atoms in total. The molecule has 1 aromatic heterocycles. The molecule has 0 aliphatic carbocycles. The van der Waals surface area contributed by atoms with Crippen LogP contribution in [0.15, 0.2) is 124 Å². The van der Waals surface area contributed by atoms with Crippen LogP contribution in [-0.4, -0.2) is 34.4 Å². The summed E-state index contributed by atoms with van der Waals surface area (Å²) in [5, 5.41) is 4.77. The van der Waals surface area contributed by atoms with E-state index in [1.165, 1.54) is 0 Å². The fourth-order valence-electron chi connectivity index (χ4n) is 5.60.